The zero-order valence-electron chi connectivity index (χ0n) is 5.93. The number of nitriles is 1. The molecule has 0 saturated heterocycles. The van der Waals surface area contributed by atoms with Crippen molar-refractivity contribution in [2.75, 3.05) is 0 Å². The Bertz CT molecular complexity index is 265. The fourth-order valence-corrected chi connectivity index (χ4v) is 0.656. The summed E-state index contributed by atoms with van der Waals surface area (Å²) >= 11 is 0. The molecule has 60 valence electrons. The minimum Gasteiger partial charge on any atom is -0.374 e. The van der Waals surface area contributed by atoms with Crippen LogP contribution in [0.25, 0.3) is 0 Å². The number of aryl methyl sites for hydroxylation is 1. The molecule has 0 aliphatic carbocycles. The molecule has 0 bridgehead atoms. The van der Waals surface area contributed by atoms with Gasteiger partial charge in [0.25, 0.3) is 0 Å². The van der Waals surface area contributed by atoms with Gasteiger partial charge in [-0.2, -0.15) is 10.4 Å². The molecule has 1 unspecified atom stereocenters. The van der Waals surface area contributed by atoms with E-state index in [4.69, 9.17) is 10.4 Å². The van der Waals surface area contributed by atoms with Crippen LogP contribution in [0.1, 0.15) is 11.7 Å². The van der Waals surface area contributed by atoms with Crippen LogP contribution in [0.5, 0.6) is 0 Å². The van der Waals surface area contributed by atoms with Gasteiger partial charge in [0.15, 0.2) is 6.10 Å². The number of aliphatic hydroxyl groups is 1. The summed E-state index contributed by atoms with van der Waals surface area (Å²) in [5.41, 5.74) is 0.532. The molecule has 1 aromatic heterocycles. The first kappa shape index (κ1) is 9.95. The van der Waals surface area contributed by atoms with Crippen LogP contribution >= 0.6 is 12.4 Å². The van der Waals surface area contributed by atoms with E-state index in [1.54, 1.807) is 19.3 Å². The standard InChI is InChI=1S/C6H7N3O.ClH/c1-9-4-5(3-8-9)6(10)2-7;/h3-4,6,10H,1H3;1H. The van der Waals surface area contributed by atoms with Crippen LogP contribution in [0, 0.1) is 11.3 Å². The van der Waals surface area contributed by atoms with Crippen molar-refractivity contribution < 1.29 is 5.11 Å². The summed E-state index contributed by atoms with van der Waals surface area (Å²) in [6.07, 6.45) is 2.02. The highest BCUT2D eigenvalue weighted by atomic mass is 35.5. The second kappa shape index (κ2) is 3.96. The summed E-state index contributed by atoms with van der Waals surface area (Å²) in [6.45, 7) is 0. The Hall–Kier alpha value is -1.05. The molecule has 1 rings (SSSR count). The second-order valence-electron chi connectivity index (χ2n) is 1.98. The maximum absolute atomic E-state index is 8.93. The average Bonchev–Trinajstić information content (AvgIpc) is 2.34. The smallest absolute Gasteiger partial charge is 0.168 e. The summed E-state index contributed by atoms with van der Waals surface area (Å²) in [6, 6.07) is 1.70. The van der Waals surface area contributed by atoms with Crippen molar-refractivity contribution in [2.45, 2.75) is 6.10 Å². The Morgan fingerprint density at radius 2 is 2.45 bits per heavy atom. The third kappa shape index (κ3) is 2.22. The van der Waals surface area contributed by atoms with Gasteiger partial charge < -0.3 is 5.11 Å². The fourth-order valence-electron chi connectivity index (χ4n) is 0.656. The van der Waals surface area contributed by atoms with Crippen LogP contribution in [0.2, 0.25) is 0 Å². The third-order valence-corrected chi connectivity index (χ3v) is 1.16. The van der Waals surface area contributed by atoms with Gasteiger partial charge in [-0.25, -0.2) is 0 Å². The minimum atomic E-state index is -1.05. The molecule has 5 heteroatoms. The number of aliphatic hydroxyl groups excluding tert-OH is 1. The SMILES string of the molecule is Cl.Cn1cc(C(O)C#N)cn1. The highest BCUT2D eigenvalue weighted by Gasteiger charge is 2.05. The van der Waals surface area contributed by atoms with Gasteiger partial charge >= 0.3 is 0 Å². The predicted molar refractivity (Wildman–Crippen MR) is 41.0 cm³/mol. The maximum Gasteiger partial charge on any atom is 0.168 e. The van der Waals surface area contributed by atoms with Gasteiger partial charge in [-0.3, -0.25) is 4.68 Å². The lowest BCUT2D eigenvalue weighted by Crippen LogP contribution is -1.90. The Labute approximate surface area is 70.5 Å². The van der Waals surface area contributed by atoms with E-state index in [0.29, 0.717) is 5.56 Å². The molecule has 1 atom stereocenters. The molecule has 4 nitrogen and oxygen atoms in total. The molecule has 0 aliphatic rings. The van der Waals surface area contributed by atoms with Gasteiger partial charge in [-0.05, 0) is 0 Å². The minimum absolute atomic E-state index is 0. The topological polar surface area (TPSA) is 61.8 Å². The quantitative estimate of drug-likeness (QED) is 0.626. The Balaban J connectivity index is 0.000001000. The van der Waals surface area contributed by atoms with Crippen molar-refractivity contribution in [1.82, 2.24) is 9.78 Å². The highest BCUT2D eigenvalue weighted by Crippen LogP contribution is 2.08. The largest absolute Gasteiger partial charge is 0.374 e. The molecule has 0 saturated carbocycles. The van der Waals surface area contributed by atoms with Gasteiger partial charge in [-0.15, -0.1) is 12.4 Å². The van der Waals surface area contributed by atoms with Crippen molar-refractivity contribution in [3.8, 4) is 6.07 Å². The molecule has 0 aromatic carbocycles. The van der Waals surface area contributed by atoms with E-state index in [9.17, 15) is 0 Å². The predicted octanol–water partition coefficient (Wildman–Crippen LogP) is 0.399. The van der Waals surface area contributed by atoms with Crippen molar-refractivity contribution in [1.29, 1.82) is 5.26 Å². The molecular formula is C6H8ClN3O. The van der Waals surface area contributed by atoms with Crippen LogP contribution in [-0.4, -0.2) is 14.9 Å². The molecule has 1 aromatic rings. The Morgan fingerprint density at radius 1 is 1.82 bits per heavy atom. The van der Waals surface area contributed by atoms with E-state index in [1.165, 1.54) is 10.9 Å². The molecule has 11 heavy (non-hydrogen) atoms. The van der Waals surface area contributed by atoms with E-state index in [1.807, 2.05) is 0 Å². The van der Waals surface area contributed by atoms with Crippen molar-refractivity contribution in [3.63, 3.8) is 0 Å². The third-order valence-electron chi connectivity index (χ3n) is 1.16. The second-order valence-corrected chi connectivity index (χ2v) is 1.98. The zero-order valence-corrected chi connectivity index (χ0v) is 6.75. The van der Waals surface area contributed by atoms with Crippen molar-refractivity contribution >= 4 is 12.4 Å². The van der Waals surface area contributed by atoms with Gasteiger partial charge in [-0.1, -0.05) is 0 Å². The highest BCUT2D eigenvalue weighted by molar-refractivity contribution is 5.85. The molecule has 1 heterocycles. The van der Waals surface area contributed by atoms with Crippen LogP contribution in [-0.2, 0) is 7.05 Å². The lowest BCUT2D eigenvalue weighted by atomic mass is 10.2. The van der Waals surface area contributed by atoms with E-state index in [0.717, 1.165) is 0 Å². The molecular weight excluding hydrogens is 166 g/mol. The van der Waals surface area contributed by atoms with Gasteiger partial charge in [0, 0.05) is 18.8 Å². The molecule has 0 aliphatic heterocycles. The normalized spacial score (nSPS) is 11.4. The molecule has 1 N–H and O–H groups in total. The number of rotatable bonds is 1. The van der Waals surface area contributed by atoms with E-state index in [-0.39, 0.29) is 12.4 Å². The van der Waals surface area contributed by atoms with Crippen molar-refractivity contribution in [2.24, 2.45) is 7.05 Å². The summed E-state index contributed by atoms with van der Waals surface area (Å²) in [7, 11) is 1.73. The lowest BCUT2D eigenvalue weighted by Gasteiger charge is -1.92. The molecule has 0 spiro atoms. The number of halogens is 1. The van der Waals surface area contributed by atoms with E-state index in [2.05, 4.69) is 5.10 Å². The average molecular weight is 174 g/mol. The van der Waals surface area contributed by atoms with E-state index >= 15 is 0 Å². The first-order valence-electron chi connectivity index (χ1n) is 2.80. The maximum atomic E-state index is 8.93. The number of aromatic nitrogens is 2. The summed E-state index contributed by atoms with van der Waals surface area (Å²) in [5.74, 6) is 0. The van der Waals surface area contributed by atoms with Crippen LogP contribution in [0.3, 0.4) is 0 Å². The van der Waals surface area contributed by atoms with E-state index < -0.39 is 6.10 Å². The monoisotopic (exact) mass is 173 g/mol. The Kier molecular flexibility index (Phi) is 3.58. The number of hydrogen-bond acceptors (Lipinski definition) is 3. The lowest BCUT2D eigenvalue weighted by molar-refractivity contribution is 0.236. The Morgan fingerprint density at radius 3 is 2.82 bits per heavy atom. The first-order chi connectivity index (χ1) is 4.74. The summed E-state index contributed by atoms with van der Waals surface area (Å²) in [4.78, 5) is 0. The zero-order chi connectivity index (χ0) is 7.56. The van der Waals surface area contributed by atoms with Gasteiger partial charge in [0.1, 0.15) is 0 Å². The van der Waals surface area contributed by atoms with Crippen LogP contribution < -0.4 is 0 Å². The van der Waals surface area contributed by atoms with Gasteiger partial charge in [0.2, 0.25) is 0 Å². The number of nitrogens with zero attached hydrogens (tertiary/aromatic N) is 3. The molecule has 0 radical (unpaired) electrons. The molecule has 0 amide bonds. The summed E-state index contributed by atoms with van der Waals surface area (Å²) in [5, 5.41) is 21.0. The number of hydrogen-bond donors (Lipinski definition) is 1. The van der Waals surface area contributed by atoms with Crippen molar-refractivity contribution in [3.05, 3.63) is 18.0 Å². The van der Waals surface area contributed by atoms with Gasteiger partial charge in [0.05, 0.1) is 12.3 Å². The van der Waals surface area contributed by atoms with Crippen LogP contribution in [0.15, 0.2) is 12.4 Å². The van der Waals surface area contributed by atoms with Crippen LogP contribution in [0.4, 0.5) is 0 Å². The molecule has 0 fully saturated rings. The fraction of sp³-hybridized carbons (Fsp3) is 0.333. The summed E-state index contributed by atoms with van der Waals surface area (Å²) < 4.78 is 1.54. The first-order valence-corrected chi connectivity index (χ1v) is 2.80.